The molecule has 2 aliphatic rings. The molecule has 1 saturated heterocycles. The van der Waals surface area contributed by atoms with Crippen molar-refractivity contribution in [2.75, 3.05) is 11.5 Å². The lowest BCUT2D eigenvalue weighted by Gasteiger charge is -2.48. The second kappa shape index (κ2) is 8.08. The van der Waals surface area contributed by atoms with Crippen LogP contribution in [0.1, 0.15) is 5.82 Å². The molecular formula is C14H20N10O3S2Si. The largest absolute Gasteiger partial charge is 0.515 e. The van der Waals surface area contributed by atoms with Crippen LogP contribution in [0.2, 0.25) is 19.6 Å². The Morgan fingerprint density at radius 3 is 2.90 bits per heavy atom. The van der Waals surface area contributed by atoms with E-state index in [2.05, 4.69) is 36.0 Å². The van der Waals surface area contributed by atoms with Gasteiger partial charge in [-0.15, -0.1) is 32.2 Å². The molecule has 0 radical (unpaired) electrons. The molecule has 4 rings (SSSR count). The number of nitrogens with one attached hydrogen (secondary N) is 1. The molecule has 2 aromatic rings. The Labute approximate surface area is 180 Å². The maximum Gasteiger partial charge on any atom is 0.341 e. The van der Waals surface area contributed by atoms with E-state index in [0.717, 1.165) is 5.57 Å². The molecule has 0 spiro atoms. The van der Waals surface area contributed by atoms with Gasteiger partial charge in [-0.05, 0) is 30.4 Å². The normalized spacial score (nSPS) is 21.5. The highest BCUT2D eigenvalue weighted by molar-refractivity contribution is 8.01. The maximum atomic E-state index is 12.9. The number of fused-ring (bicyclic) bond motifs is 1. The summed E-state index contributed by atoms with van der Waals surface area (Å²) in [5.74, 6) is 0.696. The van der Waals surface area contributed by atoms with Gasteiger partial charge in [-0.2, -0.15) is 10.0 Å². The number of nitrogens with two attached hydrogens (primary N) is 1. The number of aromatic amines is 1. The van der Waals surface area contributed by atoms with Crippen molar-refractivity contribution in [1.29, 1.82) is 0 Å². The SMILES string of the molecule is C[Si](C)(C)OC(=O)C1=C(CSc2nnn(Cc3nn[nH]n3)n2)CS[C@@H]2C(N)C(=O)N12. The van der Waals surface area contributed by atoms with Crippen LogP contribution in [0.4, 0.5) is 0 Å². The van der Waals surface area contributed by atoms with E-state index in [0.29, 0.717) is 28.2 Å². The average Bonchev–Trinajstić information content (AvgIpc) is 3.36. The highest BCUT2D eigenvalue weighted by Gasteiger charge is 2.52. The number of rotatable bonds is 7. The van der Waals surface area contributed by atoms with Crippen LogP contribution in [0.3, 0.4) is 0 Å². The number of carbonyl (C=O) groups excluding carboxylic acids is 2. The van der Waals surface area contributed by atoms with Crippen LogP contribution in [0, 0.1) is 0 Å². The van der Waals surface area contributed by atoms with E-state index >= 15 is 0 Å². The van der Waals surface area contributed by atoms with E-state index in [9.17, 15) is 9.59 Å². The maximum absolute atomic E-state index is 12.9. The highest BCUT2D eigenvalue weighted by atomic mass is 32.2. The molecule has 0 saturated carbocycles. The second-order valence-electron chi connectivity index (χ2n) is 7.61. The van der Waals surface area contributed by atoms with Gasteiger partial charge in [0.15, 0.2) is 5.82 Å². The lowest BCUT2D eigenvalue weighted by atomic mass is 10.0. The van der Waals surface area contributed by atoms with E-state index < -0.39 is 20.3 Å². The number of thioether (sulfide) groups is 2. The summed E-state index contributed by atoms with van der Waals surface area (Å²) in [6.45, 7) is 6.00. The molecule has 4 heterocycles. The number of amides is 1. The van der Waals surface area contributed by atoms with Crippen molar-refractivity contribution in [2.24, 2.45) is 5.73 Å². The van der Waals surface area contributed by atoms with E-state index in [1.54, 1.807) is 0 Å². The molecule has 0 aromatic carbocycles. The van der Waals surface area contributed by atoms with Gasteiger partial charge in [0.1, 0.15) is 23.7 Å². The molecule has 1 unspecified atom stereocenters. The van der Waals surface area contributed by atoms with Gasteiger partial charge in [0.2, 0.25) is 19.4 Å². The number of H-pyrrole nitrogens is 1. The number of nitrogens with zero attached hydrogens (tertiary/aromatic N) is 8. The fourth-order valence-electron chi connectivity index (χ4n) is 2.89. The third kappa shape index (κ3) is 4.25. The molecule has 2 aromatic heterocycles. The van der Waals surface area contributed by atoms with Crippen molar-refractivity contribution < 1.29 is 14.0 Å². The summed E-state index contributed by atoms with van der Waals surface area (Å²) in [6, 6.07) is -0.592. The summed E-state index contributed by atoms with van der Waals surface area (Å²) in [7, 11) is -2.14. The fraction of sp³-hybridized carbons (Fsp3) is 0.571. The summed E-state index contributed by atoms with van der Waals surface area (Å²) in [5, 5.41) is 26.0. The van der Waals surface area contributed by atoms with Gasteiger partial charge in [0, 0.05) is 11.5 Å². The average molecular weight is 469 g/mol. The third-order valence-corrected chi connectivity index (χ3v) is 7.24. The van der Waals surface area contributed by atoms with Crippen molar-refractivity contribution >= 4 is 43.7 Å². The molecule has 1 fully saturated rings. The molecule has 2 atom stereocenters. The summed E-state index contributed by atoms with van der Waals surface area (Å²) in [4.78, 5) is 28.1. The van der Waals surface area contributed by atoms with Gasteiger partial charge in [0.05, 0.1) is 0 Å². The standard InChI is InChI=1S/C14H20N10O3S2Si/c1-30(2,3)27-13(26)10-7(5-28-12-9(15)11(25)24(10)12)6-29-14-18-22-23(19-14)4-8-16-20-21-17-8/h9,12H,4-6,15H2,1-3H3,(H,16,17,20,21)/t9?,12-/m1/s1. The number of aromatic nitrogens is 8. The van der Waals surface area contributed by atoms with Crippen LogP contribution in [0.15, 0.2) is 16.4 Å². The number of β-lactam (4-membered cyclic amide) rings is 1. The Hall–Kier alpha value is -2.30. The van der Waals surface area contributed by atoms with Crippen LogP contribution in [-0.2, 0) is 20.6 Å². The van der Waals surface area contributed by atoms with Crippen molar-refractivity contribution in [3.63, 3.8) is 0 Å². The zero-order valence-electron chi connectivity index (χ0n) is 16.5. The Morgan fingerprint density at radius 2 is 2.20 bits per heavy atom. The summed E-state index contributed by atoms with van der Waals surface area (Å²) in [6.07, 6.45) is 0. The first kappa shape index (κ1) is 20.9. The Bertz CT molecular complexity index is 989. The van der Waals surface area contributed by atoms with Gasteiger partial charge in [-0.1, -0.05) is 17.0 Å². The third-order valence-electron chi connectivity index (χ3n) is 4.16. The zero-order valence-corrected chi connectivity index (χ0v) is 19.1. The fourth-order valence-corrected chi connectivity index (χ4v) is 5.75. The monoisotopic (exact) mass is 468 g/mol. The first-order chi connectivity index (χ1) is 14.2. The summed E-state index contributed by atoms with van der Waals surface area (Å²) in [5.41, 5.74) is 7.00. The van der Waals surface area contributed by atoms with Gasteiger partial charge < -0.3 is 10.2 Å². The molecule has 30 heavy (non-hydrogen) atoms. The van der Waals surface area contributed by atoms with Crippen LogP contribution in [0.5, 0.6) is 0 Å². The van der Waals surface area contributed by atoms with E-state index in [-0.39, 0.29) is 17.8 Å². The molecule has 2 aliphatic heterocycles. The Morgan fingerprint density at radius 1 is 1.40 bits per heavy atom. The zero-order chi connectivity index (χ0) is 21.5. The highest BCUT2D eigenvalue weighted by Crippen LogP contribution is 2.41. The molecule has 13 nitrogen and oxygen atoms in total. The number of hydrogen-bond donors (Lipinski definition) is 2. The van der Waals surface area contributed by atoms with Gasteiger partial charge in [-0.25, -0.2) is 4.79 Å². The van der Waals surface area contributed by atoms with E-state index in [1.165, 1.54) is 33.2 Å². The molecule has 0 bridgehead atoms. The molecule has 160 valence electrons. The predicted octanol–water partition coefficient (Wildman–Crippen LogP) is -0.799. The van der Waals surface area contributed by atoms with Gasteiger partial charge in [0.25, 0.3) is 0 Å². The minimum atomic E-state index is -2.14. The van der Waals surface area contributed by atoms with E-state index in [4.69, 9.17) is 10.2 Å². The van der Waals surface area contributed by atoms with E-state index in [1.807, 2.05) is 19.6 Å². The van der Waals surface area contributed by atoms with Crippen molar-refractivity contribution in [2.45, 2.75) is 42.8 Å². The molecule has 16 heteroatoms. The molecule has 1 amide bonds. The van der Waals surface area contributed by atoms with Crippen LogP contribution in [0.25, 0.3) is 0 Å². The lowest BCUT2D eigenvalue weighted by molar-refractivity contribution is -0.147. The number of carbonyl (C=O) groups is 2. The van der Waals surface area contributed by atoms with Gasteiger partial charge >= 0.3 is 5.97 Å². The van der Waals surface area contributed by atoms with Gasteiger partial charge in [-0.3, -0.25) is 9.69 Å². The van der Waals surface area contributed by atoms with Crippen molar-refractivity contribution in [3.05, 3.63) is 17.1 Å². The molecule has 0 aliphatic carbocycles. The lowest BCUT2D eigenvalue weighted by Crippen LogP contribution is -2.68. The summed E-state index contributed by atoms with van der Waals surface area (Å²) >= 11 is 2.86. The van der Waals surface area contributed by atoms with Crippen LogP contribution in [-0.4, -0.2) is 88.8 Å². The first-order valence-electron chi connectivity index (χ1n) is 9.01. The minimum absolute atomic E-state index is 0.232. The number of tetrazole rings is 2. The molecular weight excluding hydrogens is 448 g/mol. The topological polar surface area (TPSA) is 171 Å². The van der Waals surface area contributed by atoms with Crippen molar-refractivity contribution in [1.82, 2.24) is 45.7 Å². The first-order valence-corrected chi connectivity index (χ1v) is 14.5. The van der Waals surface area contributed by atoms with Crippen LogP contribution >= 0.6 is 23.5 Å². The quantitative estimate of drug-likeness (QED) is 0.295. The predicted molar refractivity (Wildman–Crippen MR) is 109 cm³/mol. The smallest absolute Gasteiger partial charge is 0.341 e. The Kier molecular flexibility index (Phi) is 5.65. The summed E-state index contributed by atoms with van der Waals surface area (Å²) < 4.78 is 5.68. The molecule has 3 N–H and O–H groups in total. The van der Waals surface area contributed by atoms with Crippen LogP contribution < -0.4 is 5.73 Å². The minimum Gasteiger partial charge on any atom is -0.515 e. The van der Waals surface area contributed by atoms with Crippen molar-refractivity contribution in [3.8, 4) is 0 Å². The number of hydrogen-bond acceptors (Lipinski definition) is 12. The second-order valence-corrected chi connectivity index (χ2v) is 14.1. The Balaban J connectivity index is 1.50.